The summed E-state index contributed by atoms with van der Waals surface area (Å²) in [4.78, 5) is 4.25. The third kappa shape index (κ3) is 1.84. The number of nitrogens with two attached hydrogens (primary N) is 1. The maximum atomic E-state index is 5.56. The highest BCUT2D eigenvalue weighted by atomic mass is 16.6. The Morgan fingerprint density at radius 3 is 2.44 bits per heavy atom. The van der Waals surface area contributed by atoms with Crippen molar-refractivity contribution in [3.63, 3.8) is 0 Å². The van der Waals surface area contributed by atoms with Gasteiger partial charge in [-0.05, 0) is 23.2 Å². The SMILES string of the molecule is CCC(CC)(OC)c1noc(-c2nonc2N)n1. The second-order valence-corrected chi connectivity index (χ2v) is 3.83. The fourth-order valence-corrected chi connectivity index (χ4v) is 1.79. The maximum Gasteiger partial charge on any atom is 0.284 e. The Labute approximate surface area is 103 Å². The van der Waals surface area contributed by atoms with Crippen molar-refractivity contribution in [1.29, 1.82) is 0 Å². The van der Waals surface area contributed by atoms with Crippen LogP contribution >= 0.6 is 0 Å². The van der Waals surface area contributed by atoms with E-state index >= 15 is 0 Å². The summed E-state index contributed by atoms with van der Waals surface area (Å²) in [5.74, 6) is 0.751. The van der Waals surface area contributed by atoms with Crippen LogP contribution in [0.4, 0.5) is 5.82 Å². The minimum absolute atomic E-state index is 0.112. The Bertz CT molecular complexity index is 509. The van der Waals surface area contributed by atoms with Crippen molar-refractivity contribution in [3.05, 3.63) is 5.82 Å². The van der Waals surface area contributed by atoms with Gasteiger partial charge >= 0.3 is 0 Å². The monoisotopic (exact) mass is 253 g/mol. The molecular formula is C10H15N5O3. The van der Waals surface area contributed by atoms with E-state index in [2.05, 4.69) is 25.1 Å². The fourth-order valence-electron chi connectivity index (χ4n) is 1.79. The van der Waals surface area contributed by atoms with Gasteiger partial charge in [-0.25, -0.2) is 4.63 Å². The van der Waals surface area contributed by atoms with Crippen LogP contribution in [0.15, 0.2) is 9.15 Å². The zero-order chi connectivity index (χ0) is 13.2. The molecule has 18 heavy (non-hydrogen) atoms. The van der Waals surface area contributed by atoms with Gasteiger partial charge in [0.1, 0.15) is 5.60 Å². The van der Waals surface area contributed by atoms with Crippen molar-refractivity contribution in [3.8, 4) is 11.6 Å². The van der Waals surface area contributed by atoms with Crippen LogP contribution in [0.2, 0.25) is 0 Å². The Hall–Kier alpha value is -1.96. The van der Waals surface area contributed by atoms with Gasteiger partial charge in [-0.1, -0.05) is 19.0 Å². The Morgan fingerprint density at radius 1 is 1.22 bits per heavy atom. The van der Waals surface area contributed by atoms with E-state index in [0.717, 1.165) is 12.8 Å². The van der Waals surface area contributed by atoms with Gasteiger partial charge in [0.05, 0.1) is 0 Å². The molecular weight excluding hydrogens is 238 g/mol. The lowest BCUT2D eigenvalue weighted by Gasteiger charge is -2.25. The zero-order valence-electron chi connectivity index (χ0n) is 10.5. The Balaban J connectivity index is 2.39. The Kier molecular flexibility index (Phi) is 3.28. The summed E-state index contributed by atoms with van der Waals surface area (Å²) in [6.45, 7) is 3.99. The molecule has 98 valence electrons. The second-order valence-electron chi connectivity index (χ2n) is 3.83. The summed E-state index contributed by atoms with van der Waals surface area (Å²) in [5.41, 5.74) is 5.24. The molecule has 0 aliphatic heterocycles. The van der Waals surface area contributed by atoms with Crippen LogP contribution in [-0.4, -0.2) is 27.6 Å². The summed E-state index contributed by atoms with van der Waals surface area (Å²) in [7, 11) is 1.62. The third-order valence-electron chi connectivity index (χ3n) is 3.08. The number of hydrogen-bond donors (Lipinski definition) is 1. The largest absolute Gasteiger partial charge is 0.379 e. The molecule has 2 aromatic heterocycles. The zero-order valence-corrected chi connectivity index (χ0v) is 10.5. The lowest BCUT2D eigenvalue weighted by atomic mass is 9.96. The van der Waals surface area contributed by atoms with Crippen LogP contribution in [0.1, 0.15) is 32.5 Å². The van der Waals surface area contributed by atoms with E-state index in [1.54, 1.807) is 7.11 Å². The van der Waals surface area contributed by atoms with Crippen LogP contribution in [0.5, 0.6) is 0 Å². The number of aromatic nitrogens is 4. The minimum Gasteiger partial charge on any atom is -0.379 e. The average molecular weight is 253 g/mol. The predicted octanol–water partition coefficient (Wildman–Crippen LogP) is 1.36. The number of hydrogen-bond acceptors (Lipinski definition) is 8. The molecule has 0 amide bonds. The van der Waals surface area contributed by atoms with Crippen molar-refractivity contribution in [2.24, 2.45) is 0 Å². The number of ether oxygens (including phenoxy) is 1. The van der Waals surface area contributed by atoms with Gasteiger partial charge in [0.15, 0.2) is 0 Å². The highest BCUT2D eigenvalue weighted by Crippen LogP contribution is 2.31. The lowest BCUT2D eigenvalue weighted by Crippen LogP contribution is -2.28. The summed E-state index contributed by atoms with van der Waals surface area (Å²) >= 11 is 0. The van der Waals surface area contributed by atoms with Crippen molar-refractivity contribution >= 4 is 5.82 Å². The number of anilines is 1. The standard InChI is InChI=1S/C10H15N5O3/c1-4-10(5-2,16-3)9-12-8(17-15-9)6-7(11)14-18-13-6/h4-5H2,1-3H3,(H2,11,14). The molecule has 0 saturated heterocycles. The van der Waals surface area contributed by atoms with Gasteiger partial charge in [0, 0.05) is 7.11 Å². The van der Waals surface area contributed by atoms with Gasteiger partial charge < -0.3 is 15.0 Å². The summed E-state index contributed by atoms with van der Waals surface area (Å²) in [6, 6.07) is 0. The van der Waals surface area contributed by atoms with Crippen molar-refractivity contribution < 1.29 is 13.9 Å². The number of methoxy groups -OCH3 is 1. The molecule has 2 aromatic rings. The summed E-state index contributed by atoms with van der Waals surface area (Å²) in [6.07, 6.45) is 1.46. The van der Waals surface area contributed by atoms with E-state index in [1.165, 1.54) is 0 Å². The van der Waals surface area contributed by atoms with Gasteiger partial charge in [-0.2, -0.15) is 4.98 Å². The predicted molar refractivity (Wildman–Crippen MR) is 61.3 cm³/mol. The van der Waals surface area contributed by atoms with Crippen LogP contribution in [0.3, 0.4) is 0 Å². The van der Waals surface area contributed by atoms with Gasteiger partial charge in [0.25, 0.3) is 5.89 Å². The van der Waals surface area contributed by atoms with E-state index in [-0.39, 0.29) is 17.4 Å². The van der Waals surface area contributed by atoms with Gasteiger partial charge in [-0.15, -0.1) is 0 Å². The van der Waals surface area contributed by atoms with E-state index in [4.69, 9.17) is 15.0 Å². The summed E-state index contributed by atoms with van der Waals surface area (Å²) < 4.78 is 15.1. The second kappa shape index (κ2) is 4.73. The first-order valence-corrected chi connectivity index (χ1v) is 5.64. The first-order valence-electron chi connectivity index (χ1n) is 5.64. The quantitative estimate of drug-likeness (QED) is 0.849. The number of rotatable bonds is 5. The molecule has 0 bridgehead atoms. The molecule has 0 spiro atoms. The normalized spacial score (nSPS) is 11.9. The molecule has 8 heteroatoms. The van der Waals surface area contributed by atoms with E-state index in [0.29, 0.717) is 5.82 Å². The molecule has 0 aliphatic rings. The smallest absolute Gasteiger partial charge is 0.284 e. The highest BCUT2D eigenvalue weighted by molar-refractivity contribution is 5.60. The van der Waals surface area contributed by atoms with Crippen LogP contribution < -0.4 is 5.73 Å². The first kappa shape index (κ1) is 12.5. The lowest BCUT2D eigenvalue weighted by molar-refractivity contribution is -0.0306. The highest BCUT2D eigenvalue weighted by Gasteiger charge is 2.34. The van der Waals surface area contributed by atoms with Crippen LogP contribution in [-0.2, 0) is 10.3 Å². The first-order chi connectivity index (χ1) is 8.66. The molecule has 0 aliphatic carbocycles. The molecule has 0 fully saturated rings. The molecule has 2 heterocycles. The molecule has 0 atom stereocenters. The summed E-state index contributed by atoms with van der Waals surface area (Å²) in [5, 5.41) is 11.0. The molecule has 0 saturated carbocycles. The van der Waals surface area contributed by atoms with Crippen molar-refractivity contribution in [1.82, 2.24) is 20.5 Å². The Morgan fingerprint density at radius 2 is 1.94 bits per heavy atom. The molecule has 0 aromatic carbocycles. The van der Waals surface area contributed by atoms with E-state index in [1.807, 2.05) is 13.8 Å². The fraction of sp³-hybridized carbons (Fsp3) is 0.600. The number of nitrogen functional groups attached to an aromatic ring is 1. The third-order valence-corrected chi connectivity index (χ3v) is 3.08. The molecule has 0 radical (unpaired) electrons. The van der Waals surface area contributed by atoms with Crippen molar-refractivity contribution in [2.75, 3.05) is 12.8 Å². The molecule has 0 unspecified atom stereocenters. The van der Waals surface area contributed by atoms with E-state index in [9.17, 15) is 0 Å². The van der Waals surface area contributed by atoms with Gasteiger partial charge in [0.2, 0.25) is 17.3 Å². The van der Waals surface area contributed by atoms with Crippen molar-refractivity contribution in [2.45, 2.75) is 32.3 Å². The molecule has 2 N–H and O–H groups in total. The topological polar surface area (TPSA) is 113 Å². The maximum absolute atomic E-state index is 5.56. The van der Waals surface area contributed by atoms with Crippen LogP contribution in [0, 0.1) is 0 Å². The van der Waals surface area contributed by atoms with Gasteiger partial charge in [-0.3, -0.25) is 0 Å². The minimum atomic E-state index is -0.562. The van der Waals surface area contributed by atoms with E-state index < -0.39 is 5.60 Å². The number of nitrogens with zero attached hydrogens (tertiary/aromatic N) is 4. The molecule has 2 rings (SSSR count). The average Bonchev–Trinajstić information content (AvgIpc) is 3.01. The van der Waals surface area contributed by atoms with Crippen LogP contribution in [0.25, 0.3) is 11.6 Å². The molecule has 8 nitrogen and oxygen atoms in total.